The summed E-state index contributed by atoms with van der Waals surface area (Å²) in [5.41, 5.74) is -0.0827. The van der Waals surface area contributed by atoms with Crippen LogP contribution in [0.2, 0.25) is 0 Å². The van der Waals surface area contributed by atoms with Crippen LogP contribution in [-0.2, 0) is 4.74 Å². The van der Waals surface area contributed by atoms with E-state index in [-0.39, 0.29) is 23.7 Å². The highest BCUT2D eigenvalue weighted by atomic mass is 16.5. The molecule has 1 heterocycles. The third-order valence-corrected chi connectivity index (χ3v) is 2.94. The lowest BCUT2D eigenvalue weighted by Gasteiger charge is -2.25. The average Bonchev–Trinajstić information content (AvgIpc) is 2.14. The Balaban J connectivity index is 2.71. The fourth-order valence-electron chi connectivity index (χ4n) is 1.55. The molecule has 1 aliphatic heterocycles. The van der Waals surface area contributed by atoms with Crippen LogP contribution >= 0.6 is 0 Å². The van der Waals surface area contributed by atoms with Gasteiger partial charge in [-0.05, 0) is 13.3 Å². The van der Waals surface area contributed by atoms with Crippen molar-refractivity contribution in [2.24, 2.45) is 5.41 Å². The first kappa shape index (κ1) is 9.01. The van der Waals surface area contributed by atoms with Gasteiger partial charge in [-0.15, -0.1) is 0 Å². The van der Waals surface area contributed by atoms with Crippen LogP contribution in [0.1, 0.15) is 34.1 Å². The van der Waals surface area contributed by atoms with E-state index < -0.39 is 0 Å². The highest BCUT2D eigenvalue weighted by molar-refractivity contribution is 4.94. The van der Waals surface area contributed by atoms with E-state index >= 15 is 0 Å². The van der Waals surface area contributed by atoms with Gasteiger partial charge in [-0.25, -0.2) is 0 Å². The average molecular weight is 158 g/mol. The van der Waals surface area contributed by atoms with Crippen LogP contribution in [0.3, 0.4) is 0 Å². The van der Waals surface area contributed by atoms with Gasteiger partial charge in [-0.1, -0.05) is 20.8 Å². The molecule has 0 aromatic carbocycles. The first-order chi connectivity index (χ1) is 5.00. The van der Waals surface area contributed by atoms with Crippen molar-refractivity contribution in [3.63, 3.8) is 0 Å². The second-order valence-corrected chi connectivity index (χ2v) is 3.99. The van der Waals surface area contributed by atoms with Crippen molar-refractivity contribution in [3.8, 4) is 0 Å². The van der Waals surface area contributed by atoms with Gasteiger partial charge in [-0.3, -0.25) is 0 Å². The van der Waals surface area contributed by atoms with Crippen molar-refractivity contribution in [1.82, 2.24) is 0 Å². The molecule has 0 saturated carbocycles. The second-order valence-electron chi connectivity index (χ2n) is 3.99. The van der Waals surface area contributed by atoms with E-state index in [1.54, 1.807) is 0 Å². The standard InChI is InChI=1S/C9H18O2/c1-5-7-8(10)9(3,4)6(2)11-7/h6-8,10H,5H2,1-4H3. The largest absolute Gasteiger partial charge is 0.390 e. The Morgan fingerprint density at radius 2 is 2.00 bits per heavy atom. The summed E-state index contributed by atoms with van der Waals surface area (Å²) < 4.78 is 5.59. The molecule has 1 saturated heterocycles. The third-order valence-electron chi connectivity index (χ3n) is 2.94. The normalized spacial score (nSPS) is 42.8. The van der Waals surface area contributed by atoms with Gasteiger partial charge >= 0.3 is 0 Å². The fraction of sp³-hybridized carbons (Fsp3) is 1.00. The molecule has 0 radical (unpaired) electrons. The molecule has 0 spiro atoms. The summed E-state index contributed by atoms with van der Waals surface area (Å²) in [5.74, 6) is 0. The van der Waals surface area contributed by atoms with Gasteiger partial charge in [0.2, 0.25) is 0 Å². The smallest absolute Gasteiger partial charge is 0.0877 e. The highest BCUT2D eigenvalue weighted by Gasteiger charge is 2.46. The zero-order valence-electron chi connectivity index (χ0n) is 7.79. The van der Waals surface area contributed by atoms with Crippen molar-refractivity contribution in [2.75, 3.05) is 0 Å². The van der Waals surface area contributed by atoms with Gasteiger partial charge in [0, 0.05) is 5.41 Å². The van der Waals surface area contributed by atoms with E-state index in [1.807, 2.05) is 13.8 Å². The Morgan fingerprint density at radius 1 is 1.45 bits per heavy atom. The van der Waals surface area contributed by atoms with E-state index in [1.165, 1.54) is 0 Å². The number of aliphatic hydroxyl groups is 1. The lowest BCUT2D eigenvalue weighted by molar-refractivity contribution is 0.0144. The Morgan fingerprint density at radius 3 is 2.18 bits per heavy atom. The zero-order valence-corrected chi connectivity index (χ0v) is 7.79. The summed E-state index contributed by atoms with van der Waals surface area (Å²) in [5, 5.41) is 9.76. The topological polar surface area (TPSA) is 29.5 Å². The number of hydrogen-bond donors (Lipinski definition) is 1. The van der Waals surface area contributed by atoms with Gasteiger partial charge in [0.1, 0.15) is 0 Å². The molecular formula is C9H18O2. The molecule has 0 aromatic heterocycles. The summed E-state index contributed by atoms with van der Waals surface area (Å²) >= 11 is 0. The molecule has 1 fully saturated rings. The van der Waals surface area contributed by atoms with Crippen molar-refractivity contribution >= 4 is 0 Å². The van der Waals surface area contributed by atoms with Crippen LogP contribution in [0.4, 0.5) is 0 Å². The maximum absolute atomic E-state index is 9.76. The van der Waals surface area contributed by atoms with Gasteiger partial charge in [0.15, 0.2) is 0 Å². The number of rotatable bonds is 1. The predicted octanol–water partition coefficient (Wildman–Crippen LogP) is 1.57. The van der Waals surface area contributed by atoms with E-state index in [9.17, 15) is 5.11 Å². The van der Waals surface area contributed by atoms with Gasteiger partial charge in [0.25, 0.3) is 0 Å². The molecule has 1 aliphatic rings. The summed E-state index contributed by atoms with van der Waals surface area (Å²) in [6.07, 6.45) is 0.805. The summed E-state index contributed by atoms with van der Waals surface area (Å²) in [7, 11) is 0. The van der Waals surface area contributed by atoms with Crippen LogP contribution in [0.25, 0.3) is 0 Å². The highest BCUT2D eigenvalue weighted by Crippen LogP contribution is 2.38. The zero-order chi connectivity index (χ0) is 8.65. The Labute approximate surface area is 68.6 Å². The SMILES string of the molecule is CCC1OC(C)C(C)(C)C1O. The monoisotopic (exact) mass is 158 g/mol. The van der Waals surface area contributed by atoms with Gasteiger partial charge in [0.05, 0.1) is 18.3 Å². The lowest BCUT2D eigenvalue weighted by Crippen LogP contribution is -2.34. The molecule has 1 N–H and O–H groups in total. The molecule has 2 heteroatoms. The van der Waals surface area contributed by atoms with Crippen LogP contribution in [0.15, 0.2) is 0 Å². The molecule has 0 bridgehead atoms. The molecule has 66 valence electrons. The van der Waals surface area contributed by atoms with E-state index in [4.69, 9.17) is 4.74 Å². The first-order valence-electron chi connectivity index (χ1n) is 4.33. The summed E-state index contributed by atoms with van der Waals surface area (Å²) in [6.45, 7) is 8.18. The molecule has 11 heavy (non-hydrogen) atoms. The molecule has 0 aromatic rings. The van der Waals surface area contributed by atoms with Crippen molar-refractivity contribution < 1.29 is 9.84 Å². The molecule has 1 rings (SSSR count). The molecule has 3 atom stereocenters. The maximum atomic E-state index is 9.76. The van der Waals surface area contributed by atoms with Crippen LogP contribution in [0.5, 0.6) is 0 Å². The van der Waals surface area contributed by atoms with Crippen LogP contribution in [0, 0.1) is 5.41 Å². The van der Waals surface area contributed by atoms with Gasteiger partial charge in [-0.2, -0.15) is 0 Å². The Bertz CT molecular complexity index is 142. The minimum Gasteiger partial charge on any atom is -0.390 e. The summed E-state index contributed by atoms with van der Waals surface area (Å²) in [4.78, 5) is 0. The molecule has 3 unspecified atom stereocenters. The van der Waals surface area contributed by atoms with Crippen molar-refractivity contribution in [3.05, 3.63) is 0 Å². The molecule has 2 nitrogen and oxygen atoms in total. The van der Waals surface area contributed by atoms with E-state index in [0.29, 0.717) is 0 Å². The van der Waals surface area contributed by atoms with Crippen molar-refractivity contribution in [2.45, 2.75) is 52.4 Å². The maximum Gasteiger partial charge on any atom is 0.0877 e. The number of ether oxygens (including phenoxy) is 1. The fourth-order valence-corrected chi connectivity index (χ4v) is 1.55. The predicted molar refractivity (Wildman–Crippen MR) is 44.4 cm³/mol. The second kappa shape index (κ2) is 2.76. The number of hydrogen-bond acceptors (Lipinski definition) is 2. The lowest BCUT2D eigenvalue weighted by atomic mass is 9.82. The van der Waals surface area contributed by atoms with Crippen molar-refractivity contribution in [1.29, 1.82) is 0 Å². The minimum absolute atomic E-state index is 0.0417. The quantitative estimate of drug-likeness (QED) is 0.627. The molecule has 0 aliphatic carbocycles. The van der Waals surface area contributed by atoms with E-state index in [2.05, 4.69) is 13.8 Å². The van der Waals surface area contributed by atoms with Gasteiger partial charge < -0.3 is 9.84 Å². The minimum atomic E-state index is -0.303. The third kappa shape index (κ3) is 1.30. The molecular weight excluding hydrogens is 140 g/mol. The summed E-state index contributed by atoms with van der Waals surface area (Å²) in [6, 6.07) is 0. The Hall–Kier alpha value is -0.0800. The molecule has 0 amide bonds. The number of aliphatic hydroxyl groups excluding tert-OH is 1. The van der Waals surface area contributed by atoms with Crippen LogP contribution < -0.4 is 0 Å². The van der Waals surface area contributed by atoms with E-state index in [0.717, 1.165) is 6.42 Å². The Kier molecular flexibility index (Phi) is 2.26. The first-order valence-corrected chi connectivity index (χ1v) is 4.33. The van der Waals surface area contributed by atoms with Crippen LogP contribution in [-0.4, -0.2) is 23.4 Å².